The third-order valence-electron chi connectivity index (χ3n) is 2.77. The van der Waals surface area contributed by atoms with Gasteiger partial charge in [-0.15, -0.1) is 0 Å². The maximum atomic E-state index is 12.1. The van der Waals surface area contributed by atoms with Crippen LogP contribution in [0.1, 0.15) is 5.56 Å². The maximum Gasteiger partial charge on any atom is 0.188 e. The highest BCUT2D eigenvalue weighted by molar-refractivity contribution is 8.11. The molecule has 2 aliphatic heterocycles. The Morgan fingerprint density at radius 1 is 1.32 bits per heavy atom. The third kappa shape index (κ3) is 1.98. The van der Waals surface area contributed by atoms with Gasteiger partial charge in [-0.3, -0.25) is 0 Å². The van der Waals surface area contributed by atoms with Gasteiger partial charge < -0.3 is 21.4 Å². The van der Waals surface area contributed by atoms with Gasteiger partial charge in [0, 0.05) is 17.3 Å². The van der Waals surface area contributed by atoms with Crippen LogP contribution in [-0.2, 0) is 0 Å². The van der Waals surface area contributed by atoms with Crippen molar-refractivity contribution in [2.75, 3.05) is 5.73 Å². The van der Waals surface area contributed by atoms with Crippen LogP contribution in [0.3, 0.4) is 0 Å². The molecule has 1 atom stereocenters. The largest absolute Gasteiger partial charge is 0.588 e. The number of thioether (sulfide) groups is 1. The number of rotatable bonds is 0. The normalized spacial score (nSPS) is 25.1. The van der Waals surface area contributed by atoms with Crippen LogP contribution < -0.4 is 16.2 Å². The molecule has 0 spiro atoms. The predicted octanol–water partition coefficient (Wildman–Crippen LogP) is 2.05. The molecule has 2 heterocycles. The first-order valence-corrected chi connectivity index (χ1v) is 6.26. The molecule has 0 saturated carbocycles. The van der Waals surface area contributed by atoms with Crippen LogP contribution in [0.2, 0.25) is 0 Å². The van der Waals surface area contributed by atoms with E-state index in [1.807, 2.05) is 0 Å². The minimum Gasteiger partial charge on any atom is -0.588 e. The average Bonchev–Trinajstić information content (AvgIpc) is 2.48. The van der Waals surface area contributed by atoms with E-state index in [-0.39, 0.29) is 10.7 Å². The predicted molar refractivity (Wildman–Crippen MR) is 72.8 cm³/mol. The molecule has 1 aromatic rings. The van der Waals surface area contributed by atoms with Gasteiger partial charge in [0.05, 0.1) is 11.2 Å². The van der Waals surface area contributed by atoms with Gasteiger partial charge in [-0.2, -0.15) is 4.81 Å². The van der Waals surface area contributed by atoms with Crippen molar-refractivity contribution < 1.29 is 14.8 Å². The van der Waals surface area contributed by atoms with Crippen LogP contribution in [0, 0.1) is 5.21 Å². The van der Waals surface area contributed by atoms with Crippen LogP contribution in [0.4, 0.5) is 5.69 Å². The molecule has 0 saturated heterocycles. The molecule has 1 unspecified atom stereocenters. The Kier molecular flexibility index (Phi) is 2.58. The zero-order valence-electron chi connectivity index (χ0n) is 9.74. The van der Waals surface area contributed by atoms with Gasteiger partial charge in [0.2, 0.25) is 0 Å². The van der Waals surface area contributed by atoms with Gasteiger partial charge in [-0.25, -0.2) is 5.21 Å². The first-order valence-electron chi connectivity index (χ1n) is 5.44. The smallest absolute Gasteiger partial charge is 0.188 e. The Hall–Kier alpha value is -1.93. The van der Waals surface area contributed by atoms with Crippen LogP contribution >= 0.6 is 11.8 Å². The van der Waals surface area contributed by atoms with E-state index in [0.29, 0.717) is 21.9 Å². The third-order valence-corrected chi connectivity index (χ3v) is 3.74. The van der Waals surface area contributed by atoms with Crippen molar-refractivity contribution in [3.63, 3.8) is 0 Å². The zero-order valence-corrected chi connectivity index (χ0v) is 10.6. The number of hydrogen-bond donors (Lipinski definition) is 3. The van der Waals surface area contributed by atoms with Crippen molar-refractivity contribution in [1.29, 1.82) is 0 Å². The maximum absolute atomic E-state index is 12.1. The number of nitrogens with two attached hydrogens (primary N) is 2. The molecule has 3 rings (SSSR count). The van der Waals surface area contributed by atoms with Crippen LogP contribution in [0.25, 0.3) is 4.91 Å². The van der Waals surface area contributed by atoms with E-state index in [2.05, 4.69) is 0 Å². The van der Waals surface area contributed by atoms with Gasteiger partial charge in [-0.1, -0.05) is 11.8 Å². The average molecular weight is 277 g/mol. The highest BCUT2D eigenvalue weighted by Gasteiger charge is 2.32. The number of anilines is 1. The summed E-state index contributed by atoms with van der Waals surface area (Å²) in [5.41, 5.74) is 12.7. The molecule has 19 heavy (non-hydrogen) atoms. The summed E-state index contributed by atoms with van der Waals surface area (Å²) in [5.74, 6) is 0.553. The fourth-order valence-corrected chi connectivity index (χ4v) is 2.96. The van der Waals surface area contributed by atoms with E-state index >= 15 is 0 Å². The SMILES string of the molecule is NC1=C[N+]([O-])(O)C2=C(S1)c1cc(N)ccc1OC=C2. The summed E-state index contributed by atoms with van der Waals surface area (Å²) < 4.78 is 5.41. The summed E-state index contributed by atoms with van der Waals surface area (Å²) >= 11 is 1.19. The highest BCUT2D eigenvalue weighted by atomic mass is 32.2. The number of fused-ring (bicyclic) bond motifs is 2. The molecule has 0 radical (unpaired) electrons. The van der Waals surface area contributed by atoms with E-state index in [1.165, 1.54) is 24.1 Å². The Morgan fingerprint density at radius 3 is 2.89 bits per heavy atom. The van der Waals surface area contributed by atoms with Crippen LogP contribution in [-0.4, -0.2) is 10.0 Å². The van der Waals surface area contributed by atoms with E-state index in [1.54, 1.807) is 18.2 Å². The van der Waals surface area contributed by atoms with E-state index in [9.17, 15) is 10.4 Å². The monoisotopic (exact) mass is 277 g/mol. The van der Waals surface area contributed by atoms with Crippen molar-refractivity contribution in [3.8, 4) is 5.75 Å². The first-order chi connectivity index (χ1) is 8.97. The van der Waals surface area contributed by atoms with Crippen molar-refractivity contribution in [1.82, 2.24) is 0 Å². The minimum atomic E-state index is -1.66. The van der Waals surface area contributed by atoms with Crippen molar-refractivity contribution in [3.05, 3.63) is 58.2 Å². The summed E-state index contributed by atoms with van der Waals surface area (Å²) in [6.07, 6.45) is 3.80. The molecule has 1 aromatic carbocycles. The van der Waals surface area contributed by atoms with Crippen LogP contribution in [0.15, 0.2) is 47.5 Å². The quantitative estimate of drug-likeness (QED) is 0.381. The van der Waals surface area contributed by atoms with Gasteiger partial charge in [0.15, 0.2) is 11.9 Å². The lowest BCUT2D eigenvalue weighted by Crippen LogP contribution is -2.33. The molecule has 0 bridgehead atoms. The molecule has 5 N–H and O–H groups in total. The van der Waals surface area contributed by atoms with E-state index < -0.39 is 4.81 Å². The molecule has 0 aliphatic carbocycles. The number of nitrogens with zero attached hydrogens (tertiary/aromatic N) is 1. The van der Waals surface area contributed by atoms with Crippen molar-refractivity contribution >= 4 is 22.4 Å². The number of allylic oxidation sites excluding steroid dienone is 1. The van der Waals surface area contributed by atoms with Crippen LogP contribution in [0.5, 0.6) is 5.75 Å². The Morgan fingerprint density at radius 2 is 2.11 bits per heavy atom. The number of quaternary nitrogens is 1. The van der Waals surface area contributed by atoms with Gasteiger partial charge in [0.25, 0.3) is 0 Å². The summed E-state index contributed by atoms with van der Waals surface area (Å²) in [6.45, 7) is 0. The minimum absolute atomic E-state index is 0.142. The highest BCUT2D eigenvalue weighted by Crippen LogP contribution is 2.46. The zero-order chi connectivity index (χ0) is 13.6. The van der Waals surface area contributed by atoms with E-state index in [0.717, 1.165) is 6.20 Å². The van der Waals surface area contributed by atoms with E-state index in [4.69, 9.17) is 16.2 Å². The second kappa shape index (κ2) is 4.04. The summed E-state index contributed by atoms with van der Waals surface area (Å²) in [4.78, 5) is -1.13. The molecular weight excluding hydrogens is 266 g/mol. The topological polar surface area (TPSA) is 105 Å². The lowest BCUT2D eigenvalue weighted by Gasteiger charge is -2.33. The fourth-order valence-electron chi connectivity index (χ4n) is 1.96. The number of hydroxylamine groups is 4. The molecule has 6 nitrogen and oxygen atoms in total. The van der Waals surface area contributed by atoms with Crippen molar-refractivity contribution in [2.24, 2.45) is 5.73 Å². The molecule has 0 amide bonds. The lowest BCUT2D eigenvalue weighted by molar-refractivity contribution is -0.988. The Balaban J connectivity index is 2.26. The fraction of sp³-hybridized carbons (Fsp3) is 0. The summed E-state index contributed by atoms with van der Waals surface area (Å²) in [7, 11) is 0. The van der Waals surface area contributed by atoms with Crippen molar-refractivity contribution in [2.45, 2.75) is 0 Å². The van der Waals surface area contributed by atoms with Gasteiger partial charge in [0.1, 0.15) is 10.8 Å². The molecule has 7 heteroatoms. The number of hydrogen-bond acceptors (Lipinski definition) is 6. The molecule has 2 aliphatic rings. The molecule has 0 aromatic heterocycles. The Bertz CT molecular complexity index is 650. The number of ether oxygens (including phenoxy) is 1. The summed E-state index contributed by atoms with van der Waals surface area (Å²) in [6, 6.07) is 5.09. The Labute approximate surface area is 113 Å². The van der Waals surface area contributed by atoms with Gasteiger partial charge in [-0.05, 0) is 18.2 Å². The first kappa shape index (κ1) is 12.1. The summed E-state index contributed by atoms with van der Waals surface area (Å²) in [5, 5.41) is 22.2. The second-order valence-corrected chi connectivity index (χ2v) is 5.23. The standard InChI is InChI=1S/C12H11N3O3S/c13-7-1-2-10-8(5-7)12-9(3-4-18-10)15(16,17)6-11(14)19-12/h1-6,16H,13-14H2. The second-order valence-electron chi connectivity index (χ2n) is 4.15. The van der Waals surface area contributed by atoms with Gasteiger partial charge >= 0.3 is 0 Å². The molecule has 98 valence electrons. The lowest BCUT2D eigenvalue weighted by atomic mass is 10.1. The molecule has 0 fully saturated rings. The number of nitrogen functional groups attached to an aromatic ring is 1. The molecular formula is C12H11N3O3S. The number of benzene rings is 1.